The molecule has 0 spiro atoms. The predicted molar refractivity (Wildman–Crippen MR) is 81.8 cm³/mol. The average Bonchev–Trinajstić information content (AvgIpc) is 3.08. The molecule has 0 bridgehead atoms. The number of nitrogens with one attached hydrogen (secondary N) is 1. The van der Waals surface area contributed by atoms with E-state index in [9.17, 15) is 0 Å². The van der Waals surface area contributed by atoms with Crippen molar-refractivity contribution in [2.45, 2.75) is 33.4 Å². The number of nitrogens with zero attached hydrogens (tertiary/aromatic N) is 2. The third kappa shape index (κ3) is 2.69. The van der Waals surface area contributed by atoms with Crippen molar-refractivity contribution in [3.8, 4) is 5.75 Å². The number of aryl methyl sites for hydroxylation is 2. The zero-order valence-corrected chi connectivity index (χ0v) is 13.1. The smallest absolute Gasteiger partial charge is 0.230 e. The van der Waals surface area contributed by atoms with Crippen LogP contribution in [-0.2, 0) is 6.54 Å². The number of fused-ring (bicyclic) bond motifs is 1. The van der Waals surface area contributed by atoms with E-state index in [1.54, 1.807) is 14.0 Å². The molecule has 6 nitrogen and oxygen atoms in total. The van der Waals surface area contributed by atoms with Gasteiger partial charge in [-0.15, -0.1) is 10.2 Å². The minimum atomic E-state index is 0.0330. The molecule has 2 aromatic heterocycles. The van der Waals surface area contributed by atoms with Crippen LogP contribution >= 0.6 is 0 Å². The van der Waals surface area contributed by atoms with E-state index in [2.05, 4.69) is 22.4 Å². The van der Waals surface area contributed by atoms with Crippen LogP contribution in [0.2, 0.25) is 0 Å². The summed E-state index contributed by atoms with van der Waals surface area (Å²) in [5.74, 6) is 2.86. The summed E-state index contributed by atoms with van der Waals surface area (Å²) in [7, 11) is 1.66. The van der Waals surface area contributed by atoms with Crippen molar-refractivity contribution in [3.05, 3.63) is 41.3 Å². The number of furan rings is 1. The molecule has 3 aromatic rings. The Morgan fingerprint density at radius 2 is 2.05 bits per heavy atom. The maximum Gasteiger partial charge on any atom is 0.230 e. The van der Waals surface area contributed by atoms with E-state index in [-0.39, 0.29) is 6.04 Å². The maximum atomic E-state index is 5.97. The normalized spacial score (nSPS) is 12.7. The summed E-state index contributed by atoms with van der Waals surface area (Å²) in [5, 5.41) is 12.2. The molecule has 0 saturated carbocycles. The van der Waals surface area contributed by atoms with E-state index in [4.69, 9.17) is 13.6 Å². The summed E-state index contributed by atoms with van der Waals surface area (Å²) in [5.41, 5.74) is 1.96. The molecule has 0 amide bonds. The lowest BCUT2D eigenvalue weighted by Crippen LogP contribution is -2.18. The Labute approximate surface area is 128 Å². The zero-order chi connectivity index (χ0) is 15.7. The molecule has 0 unspecified atom stereocenters. The van der Waals surface area contributed by atoms with Gasteiger partial charge in [0.05, 0.1) is 19.7 Å². The van der Waals surface area contributed by atoms with Crippen LogP contribution in [0.4, 0.5) is 0 Å². The lowest BCUT2D eigenvalue weighted by atomic mass is 10.1. The van der Waals surface area contributed by atoms with E-state index in [0.717, 1.165) is 28.0 Å². The molecule has 1 atom stereocenters. The van der Waals surface area contributed by atoms with Gasteiger partial charge in [-0.05, 0) is 32.0 Å². The standard InChI is InChI=1S/C16H19N3O3/c1-9-13-7-12(20-4)5-6-14(13)22-16(9)10(2)17-8-15-19-18-11(3)21-15/h5-7,10,17H,8H2,1-4H3/t10-/m0/s1. The van der Waals surface area contributed by atoms with Gasteiger partial charge in [0.25, 0.3) is 0 Å². The van der Waals surface area contributed by atoms with Crippen LogP contribution in [0.3, 0.4) is 0 Å². The van der Waals surface area contributed by atoms with Crippen molar-refractivity contribution in [1.82, 2.24) is 15.5 Å². The van der Waals surface area contributed by atoms with E-state index < -0.39 is 0 Å². The fourth-order valence-corrected chi connectivity index (χ4v) is 2.50. The van der Waals surface area contributed by atoms with Crippen LogP contribution in [0, 0.1) is 13.8 Å². The third-order valence-corrected chi connectivity index (χ3v) is 3.70. The Balaban J connectivity index is 1.81. The highest BCUT2D eigenvalue weighted by Gasteiger charge is 2.17. The first-order chi connectivity index (χ1) is 10.6. The Bertz CT molecular complexity index is 791. The monoisotopic (exact) mass is 301 g/mol. The van der Waals surface area contributed by atoms with Crippen LogP contribution in [0.15, 0.2) is 27.0 Å². The minimum absolute atomic E-state index is 0.0330. The summed E-state index contributed by atoms with van der Waals surface area (Å²) in [6, 6.07) is 5.85. The predicted octanol–water partition coefficient (Wildman–Crippen LogP) is 3.29. The van der Waals surface area contributed by atoms with Gasteiger partial charge in [-0.25, -0.2) is 0 Å². The number of aromatic nitrogens is 2. The highest BCUT2D eigenvalue weighted by Crippen LogP contribution is 2.31. The molecule has 0 saturated heterocycles. The van der Waals surface area contributed by atoms with Gasteiger partial charge < -0.3 is 13.6 Å². The number of benzene rings is 1. The average molecular weight is 301 g/mol. The first kappa shape index (κ1) is 14.6. The van der Waals surface area contributed by atoms with E-state index in [1.807, 2.05) is 25.1 Å². The lowest BCUT2D eigenvalue weighted by molar-refractivity contribution is 0.401. The van der Waals surface area contributed by atoms with Crippen molar-refractivity contribution >= 4 is 11.0 Å². The molecule has 0 fully saturated rings. The van der Waals surface area contributed by atoms with Crippen LogP contribution in [0.25, 0.3) is 11.0 Å². The second-order valence-electron chi connectivity index (χ2n) is 5.27. The summed E-state index contributed by atoms with van der Waals surface area (Å²) in [4.78, 5) is 0. The summed E-state index contributed by atoms with van der Waals surface area (Å²) in [6.07, 6.45) is 0. The van der Waals surface area contributed by atoms with Crippen LogP contribution in [0.1, 0.15) is 36.1 Å². The highest BCUT2D eigenvalue weighted by molar-refractivity contribution is 5.83. The topological polar surface area (TPSA) is 73.3 Å². The molecular formula is C16H19N3O3. The largest absolute Gasteiger partial charge is 0.497 e. The van der Waals surface area contributed by atoms with Crippen LogP contribution in [-0.4, -0.2) is 17.3 Å². The zero-order valence-electron chi connectivity index (χ0n) is 13.1. The van der Waals surface area contributed by atoms with Crippen LogP contribution in [0.5, 0.6) is 5.75 Å². The second-order valence-corrected chi connectivity index (χ2v) is 5.27. The Hall–Kier alpha value is -2.34. The molecule has 3 rings (SSSR count). The first-order valence-corrected chi connectivity index (χ1v) is 7.18. The van der Waals surface area contributed by atoms with E-state index in [0.29, 0.717) is 18.3 Å². The van der Waals surface area contributed by atoms with Gasteiger partial charge in [-0.3, -0.25) is 5.32 Å². The summed E-state index contributed by atoms with van der Waals surface area (Å²) >= 11 is 0. The molecule has 2 heterocycles. The van der Waals surface area contributed by atoms with E-state index in [1.165, 1.54) is 0 Å². The summed E-state index contributed by atoms with van der Waals surface area (Å²) < 4.78 is 16.6. The number of hydrogen-bond acceptors (Lipinski definition) is 6. The number of ether oxygens (including phenoxy) is 1. The van der Waals surface area contributed by atoms with Crippen molar-refractivity contribution in [2.75, 3.05) is 7.11 Å². The molecule has 22 heavy (non-hydrogen) atoms. The third-order valence-electron chi connectivity index (χ3n) is 3.70. The molecule has 0 radical (unpaired) electrons. The molecule has 0 aliphatic heterocycles. The van der Waals surface area contributed by atoms with Gasteiger partial charge in [0, 0.05) is 17.9 Å². The number of methoxy groups -OCH3 is 1. The lowest BCUT2D eigenvalue weighted by Gasteiger charge is -2.10. The van der Waals surface area contributed by atoms with Gasteiger partial charge >= 0.3 is 0 Å². The van der Waals surface area contributed by atoms with Gasteiger partial charge in [0.15, 0.2) is 0 Å². The van der Waals surface area contributed by atoms with Gasteiger partial charge in [-0.2, -0.15) is 0 Å². The van der Waals surface area contributed by atoms with Gasteiger partial charge in [-0.1, -0.05) is 0 Å². The quantitative estimate of drug-likeness (QED) is 0.779. The highest BCUT2D eigenvalue weighted by atomic mass is 16.5. The van der Waals surface area contributed by atoms with Crippen molar-refractivity contribution in [1.29, 1.82) is 0 Å². The van der Waals surface area contributed by atoms with Gasteiger partial charge in [0.1, 0.15) is 17.1 Å². The Morgan fingerprint density at radius 3 is 2.73 bits per heavy atom. The SMILES string of the molecule is COc1ccc2oc([C@H](C)NCc3nnc(C)o3)c(C)c2c1. The fourth-order valence-electron chi connectivity index (χ4n) is 2.50. The number of hydrogen-bond donors (Lipinski definition) is 1. The van der Waals surface area contributed by atoms with Crippen molar-refractivity contribution in [3.63, 3.8) is 0 Å². The van der Waals surface area contributed by atoms with Crippen molar-refractivity contribution < 1.29 is 13.6 Å². The summed E-state index contributed by atoms with van der Waals surface area (Å²) in [6.45, 7) is 6.37. The fraction of sp³-hybridized carbons (Fsp3) is 0.375. The second kappa shape index (κ2) is 5.81. The van der Waals surface area contributed by atoms with Gasteiger partial charge in [0.2, 0.25) is 11.8 Å². The minimum Gasteiger partial charge on any atom is -0.497 e. The molecule has 6 heteroatoms. The van der Waals surface area contributed by atoms with Crippen molar-refractivity contribution in [2.24, 2.45) is 0 Å². The Morgan fingerprint density at radius 1 is 1.23 bits per heavy atom. The molecule has 0 aliphatic carbocycles. The molecular weight excluding hydrogens is 282 g/mol. The molecule has 116 valence electrons. The van der Waals surface area contributed by atoms with E-state index >= 15 is 0 Å². The molecule has 1 aromatic carbocycles. The Kier molecular flexibility index (Phi) is 3.85. The molecule has 1 N–H and O–H groups in total. The van der Waals surface area contributed by atoms with Crippen LogP contribution < -0.4 is 10.1 Å². The number of rotatable bonds is 5. The maximum absolute atomic E-state index is 5.97. The first-order valence-electron chi connectivity index (χ1n) is 7.18. The molecule has 0 aliphatic rings.